The van der Waals surface area contributed by atoms with Crippen molar-refractivity contribution >= 4 is 0 Å². The minimum Gasteiger partial charge on any atom is -0.310 e. The molecular weight excluding hydrogens is 206 g/mol. The molecule has 0 aliphatic rings. The van der Waals surface area contributed by atoms with Crippen molar-refractivity contribution in [2.24, 2.45) is 5.41 Å². The van der Waals surface area contributed by atoms with Crippen LogP contribution in [0, 0.1) is 19.3 Å². The van der Waals surface area contributed by atoms with Crippen LogP contribution in [-0.2, 0) is 0 Å². The fourth-order valence-corrected chi connectivity index (χ4v) is 1.98. The summed E-state index contributed by atoms with van der Waals surface area (Å²) in [5, 5.41) is 3.65. The van der Waals surface area contributed by atoms with Gasteiger partial charge in [0.2, 0.25) is 0 Å². The zero-order valence-electron chi connectivity index (χ0n) is 12.2. The van der Waals surface area contributed by atoms with Crippen molar-refractivity contribution in [2.45, 2.75) is 54.0 Å². The largest absolute Gasteiger partial charge is 0.310 e. The van der Waals surface area contributed by atoms with Gasteiger partial charge in [-0.05, 0) is 43.7 Å². The highest BCUT2D eigenvalue weighted by atomic mass is 14.9. The van der Waals surface area contributed by atoms with Crippen LogP contribution in [0.25, 0.3) is 0 Å². The molecule has 1 aromatic carbocycles. The summed E-state index contributed by atoms with van der Waals surface area (Å²) in [5.74, 6) is 0. The lowest BCUT2D eigenvalue weighted by atomic mass is 9.89. The lowest BCUT2D eigenvalue weighted by Crippen LogP contribution is -2.31. The Hall–Kier alpha value is -0.820. The van der Waals surface area contributed by atoms with Gasteiger partial charge in [-0.3, -0.25) is 0 Å². The van der Waals surface area contributed by atoms with E-state index >= 15 is 0 Å². The van der Waals surface area contributed by atoms with Gasteiger partial charge in [-0.1, -0.05) is 44.5 Å². The quantitative estimate of drug-likeness (QED) is 0.795. The van der Waals surface area contributed by atoms with Crippen LogP contribution in [-0.4, -0.2) is 6.54 Å². The van der Waals surface area contributed by atoms with Crippen molar-refractivity contribution in [1.29, 1.82) is 0 Å². The summed E-state index contributed by atoms with van der Waals surface area (Å²) < 4.78 is 0. The first-order valence-electron chi connectivity index (χ1n) is 6.66. The van der Waals surface area contributed by atoms with Gasteiger partial charge in [0.1, 0.15) is 0 Å². The van der Waals surface area contributed by atoms with Crippen molar-refractivity contribution in [1.82, 2.24) is 5.32 Å². The van der Waals surface area contributed by atoms with Gasteiger partial charge in [-0.25, -0.2) is 0 Å². The third-order valence-electron chi connectivity index (χ3n) is 3.74. The van der Waals surface area contributed by atoms with Crippen molar-refractivity contribution in [3.8, 4) is 0 Å². The van der Waals surface area contributed by atoms with Gasteiger partial charge >= 0.3 is 0 Å². The Morgan fingerprint density at radius 3 is 2.41 bits per heavy atom. The van der Waals surface area contributed by atoms with Crippen molar-refractivity contribution in [3.63, 3.8) is 0 Å². The molecule has 96 valence electrons. The topological polar surface area (TPSA) is 12.0 Å². The molecule has 0 saturated heterocycles. The Morgan fingerprint density at radius 2 is 1.88 bits per heavy atom. The number of hydrogen-bond acceptors (Lipinski definition) is 1. The third kappa shape index (κ3) is 4.16. The summed E-state index contributed by atoms with van der Waals surface area (Å²) >= 11 is 0. The van der Waals surface area contributed by atoms with E-state index in [1.54, 1.807) is 0 Å². The van der Waals surface area contributed by atoms with Crippen molar-refractivity contribution < 1.29 is 0 Å². The predicted molar refractivity (Wildman–Crippen MR) is 76.4 cm³/mol. The highest BCUT2D eigenvalue weighted by Crippen LogP contribution is 2.22. The molecule has 1 heteroatoms. The summed E-state index contributed by atoms with van der Waals surface area (Å²) in [6.07, 6.45) is 1.21. The smallest absolute Gasteiger partial charge is 0.0294 e. The molecule has 1 nitrogen and oxygen atoms in total. The molecule has 0 spiro atoms. The highest BCUT2D eigenvalue weighted by molar-refractivity contribution is 5.32. The van der Waals surface area contributed by atoms with E-state index in [1.165, 1.54) is 23.1 Å². The average Bonchev–Trinajstić information content (AvgIpc) is 2.26. The molecule has 0 aromatic heterocycles. The zero-order chi connectivity index (χ0) is 13.1. The van der Waals surface area contributed by atoms with E-state index in [-0.39, 0.29) is 0 Å². The molecule has 0 aliphatic carbocycles. The molecule has 17 heavy (non-hydrogen) atoms. The molecule has 0 saturated carbocycles. The van der Waals surface area contributed by atoms with Gasteiger partial charge in [0, 0.05) is 12.6 Å². The summed E-state index contributed by atoms with van der Waals surface area (Å²) in [6, 6.07) is 7.15. The van der Waals surface area contributed by atoms with Crippen LogP contribution >= 0.6 is 0 Å². The van der Waals surface area contributed by atoms with Crippen LogP contribution in [0.1, 0.15) is 56.8 Å². The fourth-order valence-electron chi connectivity index (χ4n) is 1.98. The van der Waals surface area contributed by atoms with E-state index in [0.717, 1.165) is 6.54 Å². The summed E-state index contributed by atoms with van der Waals surface area (Å²) in [5.41, 5.74) is 4.53. The molecule has 1 atom stereocenters. The van der Waals surface area contributed by atoms with Gasteiger partial charge in [0.05, 0.1) is 0 Å². The molecule has 1 aromatic rings. The molecule has 0 aliphatic heterocycles. The molecule has 0 bridgehead atoms. The van der Waals surface area contributed by atoms with Crippen LogP contribution in [0.15, 0.2) is 18.2 Å². The molecular formula is C16H27N. The second-order valence-electron chi connectivity index (χ2n) is 5.98. The molecule has 1 unspecified atom stereocenters. The molecule has 0 heterocycles. The second-order valence-corrected chi connectivity index (χ2v) is 5.98. The zero-order valence-corrected chi connectivity index (χ0v) is 12.2. The summed E-state index contributed by atoms with van der Waals surface area (Å²) in [4.78, 5) is 0. The molecule has 1 rings (SSSR count). The van der Waals surface area contributed by atoms with Gasteiger partial charge in [0.15, 0.2) is 0 Å². The first-order valence-corrected chi connectivity index (χ1v) is 6.66. The molecule has 0 amide bonds. The van der Waals surface area contributed by atoms with Crippen LogP contribution < -0.4 is 5.32 Å². The minimum absolute atomic E-state index is 0.382. The monoisotopic (exact) mass is 233 g/mol. The Morgan fingerprint density at radius 1 is 1.24 bits per heavy atom. The Labute approximate surface area is 107 Å². The van der Waals surface area contributed by atoms with E-state index in [4.69, 9.17) is 0 Å². The normalized spacial score (nSPS) is 13.8. The lowest BCUT2D eigenvalue weighted by molar-refractivity contribution is 0.313. The number of hydrogen-bond donors (Lipinski definition) is 1. The first-order chi connectivity index (χ1) is 7.85. The number of nitrogens with one attached hydrogen (secondary N) is 1. The summed E-state index contributed by atoms with van der Waals surface area (Å²) in [6.45, 7) is 14.6. The van der Waals surface area contributed by atoms with E-state index < -0.39 is 0 Å². The SMILES string of the molecule is CCC(C)(C)CNC(C)c1ccc(C)cc1C. The third-order valence-corrected chi connectivity index (χ3v) is 3.74. The van der Waals surface area contributed by atoms with E-state index in [2.05, 4.69) is 65.1 Å². The Kier molecular flexibility index (Phi) is 4.76. The highest BCUT2D eigenvalue weighted by Gasteiger charge is 2.17. The van der Waals surface area contributed by atoms with E-state index in [9.17, 15) is 0 Å². The predicted octanol–water partition coefficient (Wildman–Crippen LogP) is 4.39. The lowest BCUT2D eigenvalue weighted by Gasteiger charge is -2.26. The van der Waals surface area contributed by atoms with Gasteiger partial charge in [-0.2, -0.15) is 0 Å². The Balaban J connectivity index is 2.67. The maximum absolute atomic E-state index is 3.65. The average molecular weight is 233 g/mol. The number of rotatable bonds is 5. The maximum atomic E-state index is 3.65. The first kappa shape index (κ1) is 14.2. The van der Waals surface area contributed by atoms with Gasteiger partial charge in [0.25, 0.3) is 0 Å². The maximum Gasteiger partial charge on any atom is 0.0294 e. The Bertz CT molecular complexity index is 366. The van der Waals surface area contributed by atoms with Gasteiger partial charge in [-0.15, -0.1) is 0 Å². The minimum atomic E-state index is 0.382. The standard InChI is InChI=1S/C16H27N/c1-7-16(5,6)11-17-14(4)15-9-8-12(2)10-13(15)3/h8-10,14,17H,7,11H2,1-6H3. The van der Waals surface area contributed by atoms with E-state index in [0.29, 0.717) is 11.5 Å². The van der Waals surface area contributed by atoms with Crippen LogP contribution in [0.4, 0.5) is 0 Å². The van der Waals surface area contributed by atoms with Crippen molar-refractivity contribution in [2.75, 3.05) is 6.54 Å². The number of benzene rings is 1. The van der Waals surface area contributed by atoms with Crippen molar-refractivity contribution in [3.05, 3.63) is 34.9 Å². The second kappa shape index (κ2) is 5.68. The van der Waals surface area contributed by atoms with Crippen LogP contribution in [0.3, 0.4) is 0 Å². The fraction of sp³-hybridized carbons (Fsp3) is 0.625. The van der Waals surface area contributed by atoms with E-state index in [1.807, 2.05) is 0 Å². The van der Waals surface area contributed by atoms with Crippen LogP contribution in [0.2, 0.25) is 0 Å². The number of aryl methyl sites for hydroxylation is 2. The molecule has 0 fully saturated rings. The van der Waals surface area contributed by atoms with Gasteiger partial charge < -0.3 is 5.32 Å². The molecule has 0 radical (unpaired) electrons. The molecule has 1 N–H and O–H groups in total. The summed E-state index contributed by atoms with van der Waals surface area (Å²) in [7, 11) is 0. The van der Waals surface area contributed by atoms with Crippen LogP contribution in [0.5, 0.6) is 0 Å².